The van der Waals surface area contributed by atoms with Gasteiger partial charge in [0.2, 0.25) is 0 Å². The van der Waals surface area contributed by atoms with Crippen LogP contribution in [0, 0.1) is 11.3 Å². The molecule has 1 fully saturated rings. The molecule has 2 unspecified atom stereocenters. The summed E-state index contributed by atoms with van der Waals surface area (Å²) < 4.78 is 0. The Morgan fingerprint density at radius 2 is 2.19 bits per heavy atom. The second kappa shape index (κ2) is 5.35. The van der Waals surface area contributed by atoms with E-state index in [4.69, 9.17) is 0 Å². The molecule has 0 radical (unpaired) electrons. The normalized spacial score (nSPS) is 30.2. The van der Waals surface area contributed by atoms with Crippen LogP contribution in [-0.4, -0.2) is 4.83 Å². The molecule has 1 heteroatoms. The molecule has 0 aromatic rings. The molecule has 0 bridgehead atoms. The van der Waals surface area contributed by atoms with E-state index >= 15 is 0 Å². The Hall–Kier alpha value is -0.300. The minimum Gasteiger partial charge on any atom is -0.0995 e. The summed E-state index contributed by atoms with van der Waals surface area (Å²) in [6, 6.07) is 0. The lowest BCUT2D eigenvalue weighted by Crippen LogP contribution is -2.37. The zero-order chi connectivity index (χ0) is 12.3. The average molecular weight is 283 g/mol. The lowest BCUT2D eigenvalue weighted by Gasteiger charge is -2.44. The van der Waals surface area contributed by atoms with E-state index in [1.807, 2.05) is 6.08 Å². The standard InChI is InChI=1S/C15H23Br/c1-6-11(2)7-9-13-12(3)8-10-14(16)15(13,4)5/h6-7,13-14H,1,3,8-10H2,2,4-5H3. The summed E-state index contributed by atoms with van der Waals surface area (Å²) in [5, 5.41) is 0. The third-order valence-electron chi connectivity index (χ3n) is 3.91. The summed E-state index contributed by atoms with van der Waals surface area (Å²) in [6.45, 7) is 14.8. The molecule has 0 spiro atoms. The van der Waals surface area contributed by atoms with Crippen molar-refractivity contribution in [1.82, 2.24) is 0 Å². The molecule has 1 saturated carbocycles. The minimum atomic E-state index is 0.299. The highest BCUT2D eigenvalue weighted by Gasteiger charge is 2.39. The van der Waals surface area contributed by atoms with Crippen LogP contribution in [0.2, 0.25) is 0 Å². The molecule has 0 nitrogen and oxygen atoms in total. The summed E-state index contributed by atoms with van der Waals surface area (Å²) in [6.07, 6.45) is 7.67. The van der Waals surface area contributed by atoms with Gasteiger partial charge in [-0.05, 0) is 37.5 Å². The Bertz CT molecular complexity index is 309. The van der Waals surface area contributed by atoms with Gasteiger partial charge in [-0.2, -0.15) is 0 Å². The van der Waals surface area contributed by atoms with Crippen molar-refractivity contribution in [2.24, 2.45) is 11.3 Å². The molecule has 0 aromatic heterocycles. The predicted molar refractivity (Wildman–Crippen MR) is 76.9 cm³/mol. The maximum absolute atomic E-state index is 4.25. The Labute approximate surface area is 109 Å². The maximum atomic E-state index is 4.25. The first kappa shape index (κ1) is 13.8. The van der Waals surface area contributed by atoms with E-state index in [-0.39, 0.29) is 0 Å². The fourth-order valence-corrected chi connectivity index (χ4v) is 3.01. The molecule has 1 aliphatic carbocycles. The summed E-state index contributed by atoms with van der Waals surface area (Å²) in [4.78, 5) is 0.605. The van der Waals surface area contributed by atoms with Crippen molar-refractivity contribution in [3.63, 3.8) is 0 Å². The van der Waals surface area contributed by atoms with E-state index in [2.05, 4.69) is 55.9 Å². The average Bonchev–Trinajstić information content (AvgIpc) is 2.23. The van der Waals surface area contributed by atoms with Gasteiger partial charge in [0.15, 0.2) is 0 Å². The van der Waals surface area contributed by atoms with E-state index in [0.717, 1.165) is 12.8 Å². The van der Waals surface area contributed by atoms with Crippen LogP contribution < -0.4 is 0 Å². The zero-order valence-corrected chi connectivity index (χ0v) is 12.3. The van der Waals surface area contributed by atoms with Crippen molar-refractivity contribution in [2.75, 3.05) is 0 Å². The molecule has 2 atom stereocenters. The third-order valence-corrected chi connectivity index (χ3v) is 5.55. The van der Waals surface area contributed by atoms with Gasteiger partial charge in [-0.15, -0.1) is 0 Å². The number of hydrogen-bond acceptors (Lipinski definition) is 0. The lowest BCUT2D eigenvalue weighted by atomic mass is 9.65. The zero-order valence-electron chi connectivity index (χ0n) is 10.7. The van der Waals surface area contributed by atoms with Gasteiger partial charge in [0.25, 0.3) is 0 Å². The molecule has 0 saturated heterocycles. The SMILES string of the molecule is C=CC(C)=CCC1C(=C)CCC(Br)C1(C)C. The Kier molecular flexibility index (Phi) is 4.61. The Morgan fingerprint density at radius 3 is 2.75 bits per heavy atom. The summed E-state index contributed by atoms with van der Waals surface area (Å²) in [5.41, 5.74) is 2.97. The van der Waals surface area contributed by atoms with Gasteiger partial charge in [-0.25, -0.2) is 0 Å². The van der Waals surface area contributed by atoms with Gasteiger partial charge >= 0.3 is 0 Å². The number of rotatable bonds is 3. The lowest BCUT2D eigenvalue weighted by molar-refractivity contribution is 0.205. The van der Waals surface area contributed by atoms with E-state index in [1.165, 1.54) is 17.6 Å². The van der Waals surface area contributed by atoms with Gasteiger partial charge in [-0.3, -0.25) is 0 Å². The fourth-order valence-electron chi connectivity index (χ4n) is 2.46. The summed E-state index contributed by atoms with van der Waals surface area (Å²) in [5.74, 6) is 0.584. The van der Waals surface area contributed by atoms with Crippen molar-refractivity contribution in [2.45, 2.75) is 44.9 Å². The first-order chi connectivity index (χ1) is 7.39. The highest BCUT2D eigenvalue weighted by molar-refractivity contribution is 9.09. The molecule has 0 aromatic carbocycles. The van der Waals surface area contributed by atoms with Crippen molar-refractivity contribution < 1.29 is 0 Å². The maximum Gasteiger partial charge on any atom is 0.0205 e. The van der Waals surface area contributed by atoms with Gasteiger partial charge in [0, 0.05) is 4.83 Å². The molecule has 1 aliphatic rings. The minimum absolute atomic E-state index is 0.299. The molecular weight excluding hydrogens is 260 g/mol. The summed E-state index contributed by atoms with van der Waals surface area (Å²) in [7, 11) is 0. The molecule has 1 rings (SSSR count). The molecular formula is C15H23Br. The van der Waals surface area contributed by atoms with Crippen LogP contribution in [-0.2, 0) is 0 Å². The van der Waals surface area contributed by atoms with Crippen molar-refractivity contribution in [3.8, 4) is 0 Å². The van der Waals surface area contributed by atoms with Crippen molar-refractivity contribution in [3.05, 3.63) is 36.5 Å². The van der Waals surface area contributed by atoms with Crippen LogP contribution >= 0.6 is 15.9 Å². The predicted octanol–water partition coefficient (Wildman–Crippen LogP) is 5.26. The van der Waals surface area contributed by atoms with Crippen LogP contribution in [0.25, 0.3) is 0 Å². The topological polar surface area (TPSA) is 0 Å². The fraction of sp³-hybridized carbons (Fsp3) is 0.600. The Balaban J connectivity index is 2.82. The largest absolute Gasteiger partial charge is 0.0995 e. The van der Waals surface area contributed by atoms with Gasteiger partial charge in [0.1, 0.15) is 0 Å². The molecule has 0 amide bonds. The number of halogens is 1. The van der Waals surface area contributed by atoms with Gasteiger partial charge in [0.05, 0.1) is 0 Å². The molecule has 16 heavy (non-hydrogen) atoms. The Morgan fingerprint density at radius 1 is 1.56 bits per heavy atom. The molecule has 0 N–H and O–H groups in total. The van der Waals surface area contributed by atoms with Crippen LogP contribution in [0.4, 0.5) is 0 Å². The summed E-state index contributed by atoms with van der Waals surface area (Å²) >= 11 is 3.82. The number of alkyl halides is 1. The monoisotopic (exact) mass is 282 g/mol. The highest BCUT2D eigenvalue weighted by atomic mass is 79.9. The van der Waals surface area contributed by atoms with Crippen LogP contribution in [0.15, 0.2) is 36.5 Å². The van der Waals surface area contributed by atoms with Crippen LogP contribution in [0.5, 0.6) is 0 Å². The van der Waals surface area contributed by atoms with E-state index in [1.54, 1.807) is 0 Å². The smallest absolute Gasteiger partial charge is 0.0205 e. The van der Waals surface area contributed by atoms with Crippen LogP contribution in [0.3, 0.4) is 0 Å². The van der Waals surface area contributed by atoms with E-state index < -0.39 is 0 Å². The molecule has 0 heterocycles. The van der Waals surface area contributed by atoms with Crippen LogP contribution in [0.1, 0.15) is 40.0 Å². The van der Waals surface area contributed by atoms with Gasteiger partial charge in [-0.1, -0.05) is 66.2 Å². The molecule has 90 valence electrons. The van der Waals surface area contributed by atoms with E-state index in [9.17, 15) is 0 Å². The van der Waals surface area contributed by atoms with Crippen molar-refractivity contribution >= 4 is 15.9 Å². The first-order valence-electron chi connectivity index (χ1n) is 6.00. The van der Waals surface area contributed by atoms with E-state index in [0.29, 0.717) is 16.2 Å². The third kappa shape index (κ3) is 2.88. The second-order valence-electron chi connectivity index (χ2n) is 5.43. The number of hydrogen-bond donors (Lipinski definition) is 0. The first-order valence-corrected chi connectivity index (χ1v) is 6.92. The van der Waals surface area contributed by atoms with Gasteiger partial charge < -0.3 is 0 Å². The second-order valence-corrected chi connectivity index (χ2v) is 6.53. The number of allylic oxidation sites excluding steroid dienone is 4. The van der Waals surface area contributed by atoms with Crippen molar-refractivity contribution in [1.29, 1.82) is 0 Å². The highest BCUT2D eigenvalue weighted by Crippen LogP contribution is 2.48. The quantitative estimate of drug-likeness (QED) is 0.376. The molecule has 0 aliphatic heterocycles.